The van der Waals surface area contributed by atoms with Crippen LogP contribution in [0.2, 0.25) is 0 Å². The third kappa shape index (κ3) is 3.53. The molecule has 0 aromatic heterocycles. The number of nitrogens with one attached hydrogen (secondary N) is 1. The maximum absolute atomic E-state index is 11.9. The van der Waals surface area contributed by atoms with Crippen molar-refractivity contribution < 1.29 is 9.72 Å². The molecule has 1 aromatic carbocycles. The summed E-state index contributed by atoms with van der Waals surface area (Å²) < 4.78 is 0.409. The zero-order valence-corrected chi connectivity index (χ0v) is 13.9. The van der Waals surface area contributed by atoms with Gasteiger partial charge in [0.1, 0.15) is 4.32 Å². The molecule has 1 amide bonds. The van der Waals surface area contributed by atoms with E-state index in [1.165, 1.54) is 30.3 Å². The molecule has 2 aliphatic heterocycles. The van der Waals surface area contributed by atoms with Gasteiger partial charge in [0.25, 0.3) is 11.6 Å². The second-order valence-corrected chi connectivity index (χ2v) is 7.12. The highest BCUT2D eigenvalue weighted by molar-refractivity contribution is 8.26. The van der Waals surface area contributed by atoms with Crippen molar-refractivity contribution in [3.63, 3.8) is 0 Å². The molecule has 2 heterocycles. The quantitative estimate of drug-likeness (QED) is 0.391. The minimum Gasteiger partial charge on any atom is -0.371 e. The second-order valence-electron chi connectivity index (χ2n) is 5.40. The number of thioether (sulfide) groups is 1. The van der Waals surface area contributed by atoms with Gasteiger partial charge in [-0.2, -0.15) is 0 Å². The third-order valence-electron chi connectivity index (χ3n) is 3.85. The van der Waals surface area contributed by atoms with Crippen LogP contribution in [0.5, 0.6) is 0 Å². The fraction of sp³-hybridized carbons (Fsp3) is 0.333. The van der Waals surface area contributed by atoms with E-state index in [9.17, 15) is 14.9 Å². The zero-order chi connectivity index (χ0) is 16.4. The Morgan fingerprint density at radius 2 is 2.04 bits per heavy atom. The molecule has 2 fully saturated rings. The molecule has 0 radical (unpaired) electrons. The van der Waals surface area contributed by atoms with Crippen molar-refractivity contribution in [2.75, 3.05) is 18.0 Å². The summed E-state index contributed by atoms with van der Waals surface area (Å²) in [6.45, 7) is 1.84. The van der Waals surface area contributed by atoms with Gasteiger partial charge in [0.2, 0.25) is 0 Å². The van der Waals surface area contributed by atoms with Gasteiger partial charge in [-0.1, -0.05) is 24.0 Å². The van der Waals surface area contributed by atoms with Gasteiger partial charge in [-0.15, -0.1) is 0 Å². The molecule has 6 nitrogen and oxygen atoms in total. The molecule has 120 valence electrons. The summed E-state index contributed by atoms with van der Waals surface area (Å²) in [5, 5.41) is 13.6. The van der Waals surface area contributed by atoms with Crippen LogP contribution in [0.1, 0.15) is 24.8 Å². The summed E-state index contributed by atoms with van der Waals surface area (Å²) in [5.41, 5.74) is 1.63. The monoisotopic (exact) mass is 349 g/mol. The highest BCUT2D eigenvalue weighted by atomic mass is 32.2. The minimum absolute atomic E-state index is 0.0172. The number of thiocarbonyl (C=S) groups is 1. The SMILES string of the molecule is O=C1NC(=S)SC1=Cc1cc([N+](=O)[O-])ccc1N1CCCCC1. The van der Waals surface area contributed by atoms with Gasteiger partial charge in [-0.25, -0.2) is 0 Å². The Bertz CT molecular complexity index is 712. The molecular weight excluding hydrogens is 334 g/mol. The molecule has 0 aliphatic carbocycles. The fourth-order valence-electron chi connectivity index (χ4n) is 2.76. The van der Waals surface area contributed by atoms with Gasteiger partial charge in [0, 0.05) is 36.5 Å². The van der Waals surface area contributed by atoms with Crippen molar-refractivity contribution >= 4 is 51.7 Å². The Hall–Kier alpha value is -1.93. The van der Waals surface area contributed by atoms with Gasteiger partial charge in [-0.05, 0) is 31.4 Å². The maximum atomic E-state index is 11.9. The Kier molecular flexibility index (Phi) is 4.63. The number of nitrogens with zero attached hydrogens (tertiary/aromatic N) is 2. The Labute approximate surface area is 143 Å². The highest BCUT2D eigenvalue weighted by Gasteiger charge is 2.24. The summed E-state index contributed by atoms with van der Waals surface area (Å²) in [6, 6.07) is 4.80. The first-order valence-electron chi connectivity index (χ1n) is 7.33. The Morgan fingerprint density at radius 1 is 1.30 bits per heavy atom. The molecule has 2 aliphatic rings. The van der Waals surface area contributed by atoms with Gasteiger partial charge in [0.05, 0.1) is 9.83 Å². The minimum atomic E-state index is -0.422. The van der Waals surface area contributed by atoms with Crippen molar-refractivity contribution in [2.45, 2.75) is 19.3 Å². The van der Waals surface area contributed by atoms with E-state index in [1.807, 2.05) is 0 Å². The van der Waals surface area contributed by atoms with E-state index in [0.29, 0.717) is 14.8 Å². The van der Waals surface area contributed by atoms with E-state index in [-0.39, 0.29) is 11.6 Å². The van der Waals surface area contributed by atoms with Crippen molar-refractivity contribution in [2.24, 2.45) is 0 Å². The topological polar surface area (TPSA) is 75.5 Å². The van der Waals surface area contributed by atoms with Crippen LogP contribution in [0.4, 0.5) is 11.4 Å². The molecule has 3 rings (SSSR count). The molecule has 0 spiro atoms. The van der Waals surface area contributed by atoms with Crippen molar-refractivity contribution in [1.82, 2.24) is 5.32 Å². The van der Waals surface area contributed by atoms with Crippen molar-refractivity contribution in [3.05, 3.63) is 38.8 Å². The second kappa shape index (κ2) is 6.67. The number of nitro groups is 1. The molecular formula is C15H15N3O3S2. The molecule has 8 heteroatoms. The van der Waals surface area contributed by atoms with Crippen molar-refractivity contribution in [1.29, 1.82) is 0 Å². The highest BCUT2D eigenvalue weighted by Crippen LogP contribution is 2.33. The summed E-state index contributed by atoms with van der Waals surface area (Å²) in [5.74, 6) is -0.254. The zero-order valence-electron chi connectivity index (χ0n) is 12.3. The maximum Gasteiger partial charge on any atom is 0.270 e. The number of hydrogen-bond acceptors (Lipinski definition) is 6. The number of piperidine rings is 1. The van der Waals surface area contributed by atoms with E-state index in [0.717, 1.165) is 31.6 Å². The van der Waals surface area contributed by atoms with E-state index >= 15 is 0 Å². The first kappa shape index (κ1) is 15.9. The normalized spacial score (nSPS) is 20.0. The average molecular weight is 349 g/mol. The summed E-state index contributed by atoms with van der Waals surface area (Å²) in [6.07, 6.45) is 5.10. The number of carbonyl (C=O) groups excluding carboxylic acids is 1. The number of non-ortho nitro benzene ring substituents is 1. The predicted octanol–water partition coefficient (Wildman–Crippen LogP) is 3.07. The van der Waals surface area contributed by atoms with Gasteiger partial charge in [0.15, 0.2) is 0 Å². The number of rotatable bonds is 3. The van der Waals surface area contributed by atoms with Crippen molar-refractivity contribution in [3.8, 4) is 0 Å². The van der Waals surface area contributed by atoms with E-state index in [1.54, 1.807) is 12.1 Å². The molecule has 0 atom stereocenters. The largest absolute Gasteiger partial charge is 0.371 e. The molecule has 2 saturated heterocycles. The van der Waals surface area contributed by atoms with Crippen LogP contribution in [-0.2, 0) is 4.79 Å². The van der Waals surface area contributed by atoms with Gasteiger partial charge in [-0.3, -0.25) is 14.9 Å². The number of carbonyl (C=O) groups is 1. The number of benzene rings is 1. The molecule has 0 bridgehead atoms. The average Bonchev–Trinajstić information content (AvgIpc) is 2.85. The third-order valence-corrected chi connectivity index (χ3v) is 5.01. The van der Waals surface area contributed by atoms with Crippen LogP contribution >= 0.6 is 24.0 Å². The van der Waals surface area contributed by atoms with E-state index in [4.69, 9.17) is 12.2 Å². The Balaban J connectivity index is 2.02. The lowest BCUT2D eigenvalue weighted by atomic mass is 10.1. The van der Waals surface area contributed by atoms with Crippen LogP contribution in [0.3, 0.4) is 0 Å². The lowest BCUT2D eigenvalue weighted by molar-refractivity contribution is -0.384. The van der Waals surface area contributed by atoms with Crippen LogP contribution in [0, 0.1) is 10.1 Å². The van der Waals surface area contributed by atoms with Crippen LogP contribution in [0.25, 0.3) is 6.08 Å². The first-order valence-corrected chi connectivity index (χ1v) is 8.55. The molecule has 0 unspecified atom stereocenters. The predicted molar refractivity (Wildman–Crippen MR) is 95.5 cm³/mol. The number of anilines is 1. The van der Waals surface area contributed by atoms with Crippen LogP contribution in [0.15, 0.2) is 23.1 Å². The van der Waals surface area contributed by atoms with Gasteiger partial charge >= 0.3 is 0 Å². The summed E-state index contributed by atoms with van der Waals surface area (Å²) in [4.78, 5) is 25.2. The fourth-order valence-corrected chi connectivity index (χ4v) is 3.79. The number of nitro benzene ring substituents is 1. The number of hydrogen-bond donors (Lipinski definition) is 1. The standard InChI is InChI=1S/C15H15N3O3S2/c19-14-13(23-15(22)16-14)9-10-8-11(18(20)21)4-5-12(10)17-6-2-1-3-7-17/h4-5,8-9H,1-3,6-7H2,(H,16,19,22). The molecule has 1 N–H and O–H groups in total. The van der Waals surface area contributed by atoms with Gasteiger partial charge < -0.3 is 10.2 Å². The lowest BCUT2D eigenvalue weighted by Gasteiger charge is -2.30. The molecule has 1 aromatic rings. The first-order chi connectivity index (χ1) is 11.0. The Morgan fingerprint density at radius 3 is 2.65 bits per heavy atom. The lowest BCUT2D eigenvalue weighted by Crippen LogP contribution is -2.30. The molecule has 23 heavy (non-hydrogen) atoms. The van der Waals surface area contributed by atoms with Crippen LogP contribution < -0.4 is 10.2 Å². The van der Waals surface area contributed by atoms with E-state index < -0.39 is 4.92 Å². The summed E-state index contributed by atoms with van der Waals surface area (Å²) >= 11 is 6.17. The van der Waals surface area contributed by atoms with Crippen LogP contribution in [-0.4, -0.2) is 28.2 Å². The van der Waals surface area contributed by atoms with E-state index in [2.05, 4.69) is 10.2 Å². The summed E-state index contributed by atoms with van der Waals surface area (Å²) in [7, 11) is 0. The smallest absolute Gasteiger partial charge is 0.270 e. The molecule has 0 saturated carbocycles. The number of amides is 1.